The zero-order valence-electron chi connectivity index (χ0n) is 18.5. The minimum absolute atomic E-state index is 0.0347. The fourth-order valence-corrected chi connectivity index (χ4v) is 3.68. The minimum Gasteiger partial charge on any atom is -0.366 e. The number of aromatic nitrogens is 3. The van der Waals surface area contributed by atoms with Crippen molar-refractivity contribution in [3.63, 3.8) is 0 Å². The van der Waals surface area contributed by atoms with Crippen LogP contribution in [0.5, 0.6) is 0 Å². The van der Waals surface area contributed by atoms with Gasteiger partial charge in [-0.2, -0.15) is 0 Å². The molecule has 0 saturated heterocycles. The van der Waals surface area contributed by atoms with E-state index < -0.39 is 11.7 Å². The Morgan fingerprint density at radius 2 is 2.00 bits per heavy atom. The second kappa shape index (κ2) is 11.2. The SMILES string of the molecule is CCN(CC)CCCC(C)Nc1cnc(C(=O)Nc2cc(F)c(Cl)c3cccnc23)cn1. The van der Waals surface area contributed by atoms with Crippen molar-refractivity contribution in [1.29, 1.82) is 0 Å². The summed E-state index contributed by atoms with van der Waals surface area (Å²) >= 11 is 6.01. The summed E-state index contributed by atoms with van der Waals surface area (Å²) < 4.78 is 14.2. The molecule has 0 fully saturated rings. The van der Waals surface area contributed by atoms with Crippen molar-refractivity contribution in [2.75, 3.05) is 30.3 Å². The number of nitrogens with zero attached hydrogens (tertiary/aromatic N) is 4. The maximum absolute atomic E-state index is 14.2. The van der Waals surface area contributed by atoms with Crippen molar-refractivity contribution in [3.05, 3.63) is 53.3 Å². The Bertz CT molecular complexity index is 1060. The maximum Gasteiger partial charge on any atom is 0.275 e. The van der Waals surface area contributed by atoms with E-state index in [4.69, 9.17) is 11.6 Å². The molecule has 0 aliphatic heterocycles. The number of halogens is 2. The quantitative estimate of drug-likeness (QED) is 0.445. The molecule has 0 bridgehead atoms. The molecule has 0 spiro atoms. The van der Waals surface area contributed by atoms with Crippen LogP contribution in [0.3, 0.4) is 0 Å². The highest BCUT2D eigenvalue weighted by atomic mass is 35.5. The van der Waals surface area contributed by atoms with Gasteiger partial charge in [-0.25, -0.2) is 14.4 Å². The number of fused-ring (bicyclic) bond motifs is 1. The number of rotatable bonds is 10. The van der Waals surface area contributed by atoms with Gasteiger partial charge in [0.1, 0.15) is 17.3 Å². The van der Waals surface area contributed by atoms with E-state index in [1.165, 1.54) is 12.4 Å². The molecule has 32 heavy (non-hydrogen) atoms. The third-order valence-corrected chi connectivity index (χ3v) is 5.70. The van der Waals surface area contributed by atoms with Crippen LogP contribution in [0.15, 0.2) is 36.8 Å². The van der Waals surface area contributed by atoms with Crippen molar-refractivity contribution in [1.82, 2.24) is 19.9 Å². The molecular weight excluding hydrogens is 431 g/mol. The third kappa shape index (κ3) is 5.89. The van der Waals surface area contributed by atoms with E-state index in [0.717, 1.165) is 38.5 Å². The summed E-state index contributed by atoms with van der Waals surface area (Å²) in [4.78, 5) is 27.7. The molecule has 170 valence electrons. The number of amides is 1. The number of carbonyl (C=O) groups is 1. The van der Waals surface area contributed by atoms with Crippen LogP contribution in [0, 0.1) is 5.82 Å². The van der Waals surface area contributed by atoms with Gasteiger partial charge in [-0.3, -0.25) is 9.78 Å². The van der Waals surface area contributed by atoms with Gasteiger partial charge < -0.3 is 15.5 Å². The molecule has 0 saturated carbocycles. The molecule has 2 heterocycles. The number of pyridine rings is 1. The zero-order valence-corrected chi connectivity index (χ0v) is 19.3. The van der Waals surface area contributed by atoms with Crippen LogP contribution in [0.1, 0.15) is 44.1 Å². The van der Waals surface area contributed by atoms with Crippen LogP contribution in [-0.2, 0) is 0 Å². The second-order valence-corrected chi connectivity index (χ2v) is 7.95. The van der Waals surface area contributed by atoms with Crippen LogP contribution in [0.2, 0.25) is 5.02 Å². The predicted molar refractivity (Wildman–Crippen MR) is 127 cm³/mol. The van der Waals surface area contributed by atoms with Crippen LogP contribution in [0.4, 0.5) is 15.9 Å². The van der Waals surface area contributed by atoms with Crippen molar-refractivity contribution in [2.24, 2.45) is 0 Å². The first-order valence-corrected chi connectivity index (χ1v) is 11.2. The standard InChI is InChI=1S/C23H28ClFN6O/c1-4-31(5-2)11-7-8-15(3)29-20-14-27-19(13-28-20)23(32)30-18-12-17(25)21(24)16-9-6-10-26-22(16)18/h6,9-10,12-15H,4-5,7-8,11H2,1-3H3,(H,28,29)(H,30,32). The van der Waals surface area contributed by atoms with E-state index in [0.29, 0.717) is 16.7 Å². The Balaban J connectivity index is 1.61. The Hall–Kier alpha value is -2.84. The van der Waals surface area contributed by atoms with Crippen molar-refractivity contribution in [2.45, 2.75) is 39.7 Å². The number of anilines is 2. The average molecular weight is 459 g/mol. The van der Waals surface area contributed by atoms with Gasteiger partial charge >= 0.3 is 0 Å². The molecule has 3 aromatic rings. The Labute approximate surface area is 192 Å². The van der Waals surface area contributed by atoms with E-state index in [1.807, 2.05) is 0 Å². The normalized spacial score (nSPS) is 12.2. The molecule has 7 nitrogen and oxygen atoms in total. The molecule has 1 amide bonds. The Morgan fingerprint density at radius 1 is 1.22 bits per heavy atom. The number of hydrogen-bond acceptors (Lipinski definition) is 6. The highest BCUT2D eigenvalue weighted by molar-refractivity contribution is 6.36. The van der Waals surface area contributed by atoms with Gasteiger partial charge in [-0.05, 0) is 51.5 Å². The number of benzene rings is 1. The average Bonchev–Trinajstić information content (AvgIpc) is 2.80. The third-order valence-electron chi connectivity index (χ3n) is 5.31. The van der Waals surface area contributed by atoms with Gasteiger partial charge in [0.05, 0.1) is 28.6 Å². The first kappa shape index (κ1) is 23.8. The topological polar surface area (TPSA) is 83.0 Å². The van der Waals surface area contributed by atoms with Gasteiger partial charge in [-0.1, -0.05) is 25.4 Å². The molecule has 0 aliphatic carbocycles. The first-order valence-electron chi connectivity index (χ1n) is 10.8. The highest BCUT2D eigenvalue weighted by Gasteiger charge is 2.16. The predicted octanol–water partition coefficient (Wildman–Crippen LogP) is 4.99. The van der Waals surface area contributed by atoms with Crippen LogP contribution < -0.4 is 10.6 Å². The van der Waals surface area contributed by atoms with E-state index >= 15 is 0 Å². The fraction of sp³-hybridized carbons (Fsp3) is 0.391. The Kier molecular flexibility index (Phi) is 8.30. The molecule has 1 unspecified atom stereocenters. The monoisotopic (exact) mass is 458 g/mol. The summed E-state index contributed by atoms with van der Waals surface area (Å²) in [6, 6.07) is 4.68. The minimum atomic E-state index is -0.636. The van der Waals surface area contributed by atoms with Crippen LogP contribution >= 0.6 is 11.6 Å². The van der Waals surface area contributed by atoms with E-state index in [1.54, 1.807) is 18.3 Å². The van der Waals surface area contributed by atoms with Gasteiger partial charge in [0.25, 0.3) is 5.91 Å². The van der Waals surface area contributed by atoms with Crippen molar-refractivity contribution >= 4 is 39.9 Å². The van der Waals surface area contributed by atoms with E-state index in [2.05, 4.69) is 51.3 Å². The van der Waals surface area contributed by atoms with Gasteiger partial charge in [0, 0.05) is 23.7 Å². The lowest BCUT2D eigenvalue weighted by Gasteiger charge is -2.20. The lowest BCUT2D eigenvalue weighted by molar-refractivity contribution is 0.102. The molecule has 0 radical (unpaired) electrons. The summed E-state index contributed by atoms with van der Waals surface area (Å²) in [5, 5.41) is 6.35. The van der Waals surface area contributed by atoms with Crippen LogP contribution in [0.25, 0.3) is 10.9 Å². The van der Waals surface area contributed by atoms with Gasteiger partial charge in [0.2, 0.25) is 0 Å². The summed E-state index contributed by atoms with van der Waals surface area (Å²) in [6.07, 6.45) is 6.55. The maximum atomic E-state index is 14.2. The molecule has 1 atom stereocenters. The summed E-state index contributed by atoms with van der Waals surface area (Å²) in [7, 11) is 0. The molecule has 1 aromatic carbocycles. The summed E-state index contributed by atoms with van der Waals surface area (Å²) in [5.41, 5.74) is 0.736. The van der Waals surface area contributed by atoms with E-state index in [-0.39, 0.29) is 22.4 Å². The molecule has 2 N–H and O–H groups in total. The fourth-order valence-electron chi connectivity index (χ4n) is 3.47. The Morgan fingerprint density at radius 3 is 2.69 bits per heavy atom. The van der Waals surface area contributed by atoms with Gasteiger partial charge in [-0.15, -0.1) is 0 Å². The van der Waals surface area contributed by atoms with Crippen molar-refractivity contribution < 1.29 is 9.18 Å². The second-order valence-electron chi connectivity index (χ2n) is 7.58. The number of nitrogens with one attached hydrogen (secondary N) is 2. The molecule has 9 heteroatoms. The highest BCUT2D eigenvalue weighted by Crippen LogP contribution is 2.31. The molecule has 2 aromatic heterocycles. The smallest absolute Gasteiger partial charge is 0.275 e. The van der Waals surface area contributed by atoms with E-state index in [9.17, 15) is 9.18 Å². The number of hydrogen-bond donors (Lipinski definition) is 2. The first-order chi connectivity index (χ1) is 15.4. The molecular formula is C23H28ClFN6O. The zero-order chi connectivity index (χ0) is 23.1. The van der Waals surface area contributed by atoms with Crippen molar-refractivity contribution in [3.8, 4) is 0 Å². The number of carbonyl (C=O) groups excluding carboxylic acids is 1. The molecule has 3 rings (SSSR count). The lowest BCUT2D eigenvalue weighted by Crippen LogP contribution is -2.25. The summed E-state index contributed by atoms with van der Waals surface area (Å²) in [5.74, 6) is -0.547. The summed E-state index contributed by atoms with van der Waals surface area (Å²) in [6.45, 7) is 9.61. The van der Waals surface area contributed by atoms with Gasteiger partial charge in [0.15, 0.2) is 0 Å². The largest absolute Gasteiger partial charge is 0.366 e. The lowest BCUT2D eigenvalue weighted by atomic mass is 10.1. The van der Waals surface area contributed by atoms with Crippen LogP contribution in [-0.4, -0.2) is 51.4 Å². The molecule has 0 aliphatic rings.